The van der Waals surface area contributed by atoms with Crippen LogP contribution >= 0.6 is 0 Å². The smallest absolute Gasteiger partial charge is 0.339 e. The molecule has 0 spiro atoms. The lowest BCUT2D eigenvalue weighted by Gasteiger charge is -2.11. The molecule has 0 amide bonds. The molecule has 5 nitrogen and oxygen atoms in total. The number of hydrogen-bond donors (Lipinski definition) is 1. The van der Waals surface area contributed by atoms with E-state index in [0.29, 0.717) is 0 Å². The van der Waals surface area contributed by atoms with Gasteiger partial charge in [-0.15, -0.1) is 0 Å². The number of rotatable bonds is 4. The van der Waals surface area contributed by atoms with Gasteiger partial charge >= 0.3 is 11.9 Å². The van der Waals surface area contributed by atoms with Gasteiger partial charge in [-0.05, 0) is 26.0 Å². The SMILES string of the molecule is CC(=O)C(C)OC(=O)c1ccccc1C(=O)O. The zero-order valence-electron chi connectivity index (χ0n) is 9.47. The Morgan fingerprint density at radius 1 is 1.18 bits per heavy atom. The number of carboxylic acid groups (broad SMARTS) is 1. The highest BCUT2D eigenvalue weighted by Gasteiger charge is 2.20. The van der Waals surface area contributed by atoms with Gasteiger partial charge in [-0.2, -0.15) is 0 Å². The molecular weight excluding hydrogens is 224 g/mol. The molecule has 90 valence electrons. The van der Waals surface area contributed by atoms with E-state index in [1.165, 1.54) is 38.1 Å². The van der Waals surface area contributed by atoms with Gasteiger partial charge in [0.1, 0.15) is 0 Å². The molecule has 0 fully saturated rings. The average molecular weight is 236 g/mol. The molecule has 1 N–H and O–H groups in total. The highest BCUT2D eigenvalue weighted by Crippen LogP contribution is 2.11. The Labute approximate surface area is 98.0 Å². The van der Waals surface area contributed by atoms with Gasteiger partial charge < -0.3 is 9.84 Å². The molecule has 1 atom stereocenters. The molecule has 1 aromatic carbocycles. The zero-order valence-corrected chi connectivity index (χ0v) is 9.47. The number of carbonyl (C=O) groups excluding carboxylic acids is 2. The van der Waals surface area contributed by atoms with Gasteiger partial charge in [0, 0.05) is 0 Å². The fourth-order valence-corrected chi connectivity index (χ4v) is 1.15. The van der Waals surface area contributed by atoms with Crippen molar-refractivity contribution in [3.8, 4) is 0 Å². The van der Waals surface area contributed by atoms with Crippen molar-refractivity contribution in [3.05, 3.63) is 35.4 Å². The van der Waals surface area contributed by atoms with Crippen LogP contribution in [0.15, 0.2) is 24.3 Å². The Morgan fingerprint density at radius 3 is 2.18 bits per heavy atom. The second kappa shape index (κ2) is 5.25. The summed E-state index contributed by atoms with van der Waals surface area (Å²) < 4.78 is 4.84. The molecule has 5 heteroatoms. The Bertz CT molecular complexity index is 464. The number of carboxylic acids is 1. The first kappa shape index (κ1) is 12.9. The lowest BCUT2D eigenvalue weighted by molar-refractivity contribution is -0.124. The topological polar surface area (TPSA) is 80.7 Å². The Hall–Kier alpha value is -2.17. The Morgan fingerprint density at radius 2 is 1.71 bits per heavy atom. The van der Waals surface area contributed by atoms with Crippen LogP contribution in [0.25, 0.3) is 0 Å². The van der Waals surface area contributed by atoms with Gasteiger partial charge in [-0.3, -0.25) is 4.79 Å². The van der Waals surface area contributed by atoms with Crippen LogP contribution in [0.2, 0.25) is 0 Å². The number of esters is 1. The van der Waals surface area contributed by atoms with Crippen molar-refractivity contribution in [1.29, 1.82) is 0 Å². The summed E-state index contributed by atoms with van der Waals surface area (Å²) >= 11 is 0. The standard InChI is InChI=1S/C12H12O5/c1-7(13)8(2)17-12(16)10-6-4-3-5-9(10)11(14)15/h3-6,8H,1-2H3,(H,14,15). The van der Waals surface area contributed by atoms with E-state index in [2.05, 4.69) is 0 Å². The first-order valence-corrected chi connectivity index (χ1v) is 4.97. The lowest BCUT2D eigenvalue weighted by atomic mass is 10.1. The van der Waals surface area contributed by atoms with Gasteiger partial charge in [0.05, 0.1) is 11.1 Å². The van der Waals surface area contributed by atoms with Crippen LogP contribution in [-0.4, -0.2) is 28.9 Å². The van der Waals surface area contributed by atoms with Gasteiger partial charge in [0.25, 0.3) is 0 Å². The predicted octanol–water partition coefficient (Wildman–Crippen LogP) is 1.52. The summed E-state index contributed by atoms with van der Waals surface area (Å²) in [7, 11) is 0. The van der Waals surface area contributed by atoms with Crippen LogP contribution in [0, 0.1) is 0 Å². The van der Waals surface area contributed by atoms with Gasteiger partial charge in [0.2, 0.25) is 0 Å². The Balaban J connectivity index is 2.97. The Kier molecular flexibility index (Phi) is 3.98. The molecule has 0 aliphatic rings. The van der Waals surface area contributed by atoms with E-state index in [1.54, 1.807) is 0 Å². The van der Waals surface area contributed by atoms with Gasteiger partial charge in [0.15, 0.2) is 11.9 Å². The number of aromatic carboxylic acids is 1. The number of ether oxygens (including phenoxy) is 1. The number of ketones is 1. The summed E-state index contributed by atoms with van der Waals surface area (Å²) in [5.41, 5.74) is -0.207. The monoisotopic (exact) mass is 236 g/mol. The summed E-state index contributed by atoms with van der Waals surface area (Å²) in [6, 6.07) is 5.69. The molecule has 0 saturated carbocycles. The quantitative estimate of drug-likeness (QED) is 0.801. The van der Waals surface area contributed by atoms with E-state index >= 15 is 0 Å². The summed E-state index contributed by atoms with van der Waals surface area (Å²) in [6.07, 6.45) is -0.885. The van der Waals surface area contributed by atoms with E-state index in [-0.39, 0.29) is 16.9 Å². The molecular formula is C12H12O5. The minimum atomic E-state index is -1.21. The minimum Gasteiger partial charge on any atom is -0.478 e. The molecule has 0 heterocycles. The molecule has 1 rings (SSSR count). The average Bonchev–Trinajstić information content (AvgIpc) is 2.28. The van der Waals surface area contributed by atoms with E-state index in [0.717, 1.165) is 0 Å². The lowest BCUT2D eigenvalue weighted by Crippen LogP contribution is -2.23. The third-order valence-corrected chi connectivity index (χ3v) is 2.23. The van der Waals surface area contributed by atoms with Crippen LogP contribution in [-0.2, 0) is 9.53 Å². The minimum absolute atomic E-state index is 0.0619. The first-order valence-electron chi connectivity index (χ1n) is 4.97. The van der Waals surface area contributed by atoms with Crippen LogP contribution in [0.3, 0.4) is 0 Å². The van der Waals surface area contributed by atoms with Crippen LogP contribution < -0.4 is 0 Å². The molecule has 0 aromatic heterocycles. The van der Waals surface area contributed by atoms with Crippen molar-refractivity contribution in [1.82, 2.24) is 0 Å². The molecule has 1 aromatic rings. The normalized spacial score (nSPS) is 11.6. The highest BCUT2D eigenvalue weighted by molar-refractivity contribution is 6.03. The second-order valence-electron chi connectivity index (χ2n) is 3.51. The largest absolute Gasteiger partial charge is 0.478 e. The summed E-state index contributed by atoms with van der Waals surface area (Å²) in [6.45, 7) is 2.73. The molecule has 0 aliphatic heterocycles. The molecule has 0 saturated heterocycles. The molecule has 0 radical (unpaired) electrons. The predicted molar refractivity (Wildman–Crippen MR) is 59.0 cm³/mol. The van der Waals surface area contributed by atoms with Gasteiger partial charge in [-0.1, -0.05) is 12.1 Å². The maximum Gasteiger partial charge on any atom is 0.339 e. The van der Waals surface area contributed by atoms with Crippen molar-refractivity contribution in [2.45, 2.75) is 20.0 Å². The molecule has 17 heavy (non-hydrogen) atoms. The maximum absolute atomic E-state index is 11.6. The second-order valence-corrected chi connectivity index (χ2v) is 3.51. The molecule has 1 unspecified atom stereocenters. The van der Waals surface area contributed by atoms with Crippen molar-refractivity contribution < 1.29 is 24.2 Å². The number of hydrogen-bond acceptors (Lipinski definition) is 4. The van der Waals surface area contributed by atoms with Crippen LogP contribution in [0.4, 0.5) is 0 Å². The van der Waals surface area contributed by atoms with Crippen molar-refractivity contribution in [2.24, 2.45) is 0 Å². The number of benzene rings is 1. The van der Waals surface area contributed by atoms with Crippen LogP contribution in [0.1, 0.15) is 34.6 Å². The van der Waals surface area contributed by atoms with E-state index in [4.69, 9.17) is 9.84 Å². The van der Waals surface area contributed by atoms with E-state index < -0.39 is 18.0 Å². The summed E-state index contributed by atoms with van der Waals surface area (Å²) in [4.78, 5) is 33.5. The van der Waals surface area contributed by atoms with E-state index in [1.807, 2.05) is 0 Å². The van der Waals surface area contributed by atoms with Crippen molar-refractivity contribution in [3.63, 3.8) is 0 Å². The van der Waals surface area contributed by atoms with E-state index in [9.17, 15) is 14.4 Å². The summed E-state index contributed by atoms with van der Waals surface area (Å²) in [5.74, 6) is -2.33. The highest BCUT2D eigenvalue weighted by atomic mass is 16.5. The third kappa shape index (κ3) is 3.14. The number of carbonyl (C=O) groups is 3. The first-order chi connectivity index (χ1) is 7.93. The van der Waals surface area contributed by atoms with Crippen molar-refractivity contribution in [2.75, 3.05) is 0 Å². The third-order valence-electron chi connectivity index (χ3n) is 2.23. The zero-order chi connectivity index (χ0) is 13.0. The van der Waals surface area contributed by atoms with Crippen LogP contribution in [0.5, 0.6) is 0 Å². The summed E-state index contributed by atoms with van der Waals surface area (Å²) in [5, 5.41) is 8.88. The maximum atomic E-state index is 11.6. The molecule has 0 aliphatic carbocycles. The van der Waals surface area contributed by atoms with Crippen molar-refractivity contribution >= 4 is 17.7 Å². The number of Topliss-reactive ketones (excluding diaryl/α,β-unsaturated/α-hetero) is 1. The molecule has 0 bridgehead atoms. The fourth-order valence-electron chi connectivity index (χ4n) is 1.15. The van der Waals surface area contributed by atoms with Gasteiger partial charge in [-0.25, -0.2) is 9.59 Å². The fraction of sp³-hybridized carbons (Fsp3) is 0.250.